The van der Waals surface area contributed by atoms with E-state index in [4.69, 9.17) is 9.26 Å². The minimum Gasteiger partial charge on any atom is -0.490 e. The van der Waals surface area contributed by atoms with Crippen LogP contribution in [0.2, 0.25) is 0 Å². The Morgan fingerprint density at radius 3 is 2.51 bits per heavy atom. The second-order valence-electron chi connectivity index (χ2n) is 8.10. The molecule has 2 N–H and O–H groups in total. The van der Waals surface area contributed by atoms with Gasteiger partial charge in [-0.2, -0.15) is 4.98 Å². The van der Waals surface area contributed by atoms with Crippen molar-refractivity contribution < 1.29 is 19.0 Å². The number of rotatable bonds is 6. The summed E-state index contributed by atoms with van der Waals surface area (Å²) in [6.07, 6.45) is 1.28. The Morgan fingerprint density at radius 2 is 1.77 bits per heavy atom. The number of hydrogen-bond acceptors (Lipinski definition) is 8. The maximum Gasteiger partial charge on any atom is 0.310 e. The third-order valence-electron chi connectivity index (χ3n) is 5.77. The molecule has 0 fully saturated rings. The van der Waals surface area contributed by atoms with Crippen molar-refractivity contribution >= 4 is 28.7 Å². The fourth-order valence-corrected chi connectivity index (χ4v) is 4.02. The van der Waals surface area contributed by atoms with Crippen molar-refractivity contribution in [1.29, 1.82) is 0 Å². The van der Waals surface area contributed by atoms with Crippen LogP contribution >= 0.6 is 0 Å². The highest BCUT2D eigenvalue weighted by molar-refractivity contribution is 6.12. The van der Waals surface area contributed by atoms with Crippen molar-refractivity contribution in [1.82, 2.24) is 10.1 Å². The molecule has 0 saturated heterocycles. The number of aromatic nitrogens is 2. The van der Waals surface area contributed by atoms with Gasteiger partial charge in [0.2, 0.25) is 5.89 Å². The van der Waals surface area contributed by atoms with Gasteiger partial charge in [0, 0.05) is 12.5 Å². The first-order chi connectivity index (χ1) is 16.9. The average molecular weight is 471 g/mol. The van der Waals surface area contributed by atoms with E-state index in [0.717, 1.165) is 22.4 Å². The van der Waals surface area contributed by atoms with E-state index in [1.54, 1.807) is 31.2 Å². The van der Waals surface area contributed by atoms with Crippen molar-refractivity contribution in [3.8, 4) is 16.9 Å². The molecule has 10 heteroatoms. The molecule has 0 radical (unpaired) electrons. The van der Waals surface area contributed by atoms with Crippen molar-refractivity contribution in [3.63, 3.8) is 0 Å². The lowest BCUT2D eigenvalue weighted by molar-refractivity contribution is -0.385. The van der Waals surface area contributed by atoms with Crippen LogP contribution in [0.15, 0.2) is 59.1 Å². The number of hydrogen-bond donors (Lipinski definition) is 2. The third kappa shape index (κ3) is 4.41. The van der Waals surface area contributed by atoms with Gasteiger partial charge in [0.15, 0.2) is 11.6 Å². The number of fused-ring (bicyclic) bond motifs is 2. The van der Waals surface area contributed by atoms with Crippen molar-refractivity contribution in [2.45, 2.75) is 19.8 Å². The first kappa shape index (κ1) is 22.1. The minimum absolute atomic E-state index is 0.109. The van der Waals surface area contributed by atoms with Gasteiger partial charge in [-0.1, -0.05) is 17.3 Å². The van der Waals surface area contributed by atoms with Gasteiger partial charge >= 0.3 is 5.69 Å². The van der Waals surface area contributed by atoms with Crippen LogP contribution in [-0.2, 0) is 12.8 Å². The maximum absolute atomic E-state index is 13.0. The number of nitrogens with one attached hydrogen (secondary N) is 2. The molecule has 0 saturated carbocycles. The number of anilines is 3. The zero-order chi connectivity index (χ0) is 24.5. The Hall–Kier alpha value is -4.73. The highest BCUT2D eigenvalue weighted by atomic mass is 16.6. The van der Waals surface area contributed by atoms with Crippen LogP contribution in [0.5, 0.6) is 5.75 Å². The zero-order valence-corrected chi connectivity index (χ0v) is 19.0. The van der Waals surface area contributed by atoms with E-state index in [0.29, 0.717) is 41.5 Å². The molecule has 1 aromatic heterocycles. The Bertz CT molecular complexity index is 1460. The van der Waals surface area contributed by atoms with Gasteiger partial charge in [-0.15, -0.1) is 0 Å². The van der Waals surface area contributed by atoms with Crippen molar-refractivity contribution in [3.05, 3.63) is 87.6 Å². The Labute approximate surface area is 200 Å². The number of benzene rings is 3. The van der Waals surface area contributed by atoms with Gasteiger partial charge in [-0.25, -0.2) is 0 Å². The molecule has 35 heavy (non-hydrogen) atoms. The Kier molecular flexibility index (Phi) is 5.61. The van der Waals surface area contributed by atoms with E-state index >= 15 is 0 Å². The number of nitrogens with zero attached hydrogens (tertiary/aromatic N) is 3. The summed E-state index contributed by atoms with van der Waals surface area (Å²) in [7, 11) is 1.39. The summed E-state index contributed by atoms with van der Waals surface area (Å²) >= 11 is 0. The molecular weight excluding hydrogens is 450 g/mol. The van der Waals surface area contributed by atoms with Gasteiger partial charge in [0.1, 0.15) is 0 Å². The van der Waals surface area contributed by atoms with E-state index in [1.165, 1.54) is 13.2 Å². The molecule has 0 bridgehead atoms. The van der Waals surface area contributed by atoms with Crippen LogP contribution in [0, 0.1) is 17.0 Å². The lowest BCUT2D eigenvalue weighted by Crippen LogP contribution is -2.11. The molecule has 0 aliphatic carbocycles. The molecule has 5 rings (SSSR count). The van der Waals surface area contributed by atoms with Gasteiger partial charge in [0.25, 0.3) is 5.91 Å². The monoisotopic (exact) mass is 471 g/mol. The minimum atomic E-state index is -0.486. The number of nitro benzene ring substituents is 1. The third-order valence-corrected chi connectivity index (χ3v) is 5.77. The summed E-state index contributed by atoms with van der Waals surface area (Å²) in [4.78, 5) is 27.9. The molecule has 176 valence electrons. The maximum atomic E-state index is 13.0. The van der Waals surface area contributed by atoms with Crippen LogP contribution in [0.25, 0.3) is 11.1 Å². The van der Waals surface area contributed by atoms with Gasteiger partial charge in [-0.3, -0.25) is 14.9 Å². The summed E-state index contributed by atoms with van der Waals surface area (Å²) < 4.78 is 10.4. The van der Waals surface area contributed by atoms with E-state index in [1.807, 2.05) is 24.3 Å². The van der Waals surface area contributed by atoms with Crippen LogP contribution in [-0.4, -0.2) is 28.1 Å². The lowest BCUT2D eigenvalue weighted by Gasteiger charge is -2.12. The molecule has 4 aromatic rings. The molecule has 0 atom stereocenters. The normalized spacial score (nSPS) is 12.1. The summed E-state index contributed by atoms with van der Waals surface area (Å²) in [5.74, 6) is 1.11. The molecule has 1 amide bonds. The zero-order valence-electron chi connectivity index (χ0n) is 19.0. The number of carbonyl (C=O) groups is 1. The molecule has 1 aliphatic rings. The van der Waals surface area contributed by atoms with E-state index in [9.17, 15) is 14.9 Å². The average Bonchev–Trinajstić information content (AvgIpc) is 3.22. The number of carbonyl (C=O) groups excluding carboxylic acids is 1. The van der Waals surface area contributed by atoms with E-state index in [2.05, 4.69) is 20.8 Å². The van der Waals surface area contributed by atoms with Gasteiger partial charge in [-0.05, 0) is 66.4 Å². The van der Waals surface area contributed by atoms with Gasteiger partial charge < -0.3 is 19.9 Å². The molecule has 3 aromatic carbocycles. The number of nitro groups is 1. The van der Waals surface area contributed by atoms with Crippen LogP contribution in [0.3, 0.4) is 0 Å². The SMILES string of the molecule is COc1cc(-c2ccc3c(c2)Nc2ccc(CCc4nc(C)no4)cc2NC3=O)ccc1[N+](=O)[O-]. The Balaban J connectivity index is 1.42. The molecule has 1 aliphatic heterocycles. The number of amides is 1. The van der Waals surface area contributed by atoms with Crippen molar-refractivity contribution in [2.75, 3.05) is 17.7 Å². The fraction of sp³-hybridized carbons (Fsp3) is 0.160. The summed E-state index contributed by atoms with van der Waals surface area (Å²) in [6.45, 7) is 1.78. The summed E-state index contributed by atoms with van der Waals surface area (Å²) in [6, 6.07) is 15.9. The summed E-state index contributed by atoms with van der Waals surface area (Å²) in [5, 5.41) is 21.3. The highest BCUT2D eigenvalue weighted by Gasteiger charge is 2.21. The van der Waals surface area contributed by atoms with Crippen LogP contribution in [0.4, 0.5) is 22.7 Å². The Morgan fingerprint density at radius 1 is 0.971 bits per heavy atom. The first-order valence-corrected chi connectivity index (χ1v) is 10.9. The second kappa shape index (κ2) is 8.90. The van der Waals surface area contributed by atoms with Crippen LogP contribution < -0.4 is 15.4 Å². The number of methoxy groups -OCH3 is 1. The smallest absolute Gasteiger partial charge is 0.310 e. The molecular formula is C25H21N5O5. The van der Waals surface area contributed by atoms with Crippen LogP contribution in [0.1, 0.15) is 27.6 Å². The topological polar surface area (TPSA) is 132 Å². The molecule has 0 unspecified atom stereocenters. The number of ether oxygens (including phenoxy) is 1. The standard InChI is InChI=1S/C25H21N5O5/c1-14-26-24(35-29-14)10-4-15-3-8-19-21(11-15)28-25(31)18-7-5-16(12-20(18)27-19)17-6-9-22(30(32)33)23(13-17)34-2/h3,5-9,11-13,27H,4,10H2,1-2H3,(H,28,31). The van der Waals surface area contributed by atoms with E-state index in [-0.39, 0.29) is 17.3 Å². The highest BCUT2D eigenvalue weighted by Crippen LogP contribution is 2.37. The number of aryl methyl sites for hydroxylation is 3. The van der Waals surface area contributed by atoms with Gasteiger partial charge in [0.05, 0.1) is 34.7 Å². The molecule has 0 spiro atoms. The fourth-order valence-electron chi connectivity index (χ4n) is 4.02. The quantitative estimate of drug-likeness (QED) is 0.295. The molecule has 2 heterocycles. The largest absolute Gasteiger partial charge is 0.490 e. The first-order valence-electron chi connectivity index (χ1n) is 10.9. The van der Waals surface area contributed by atoms with E-state index < -0.39 is 4.92 Å². The second-order valence-corrected chi connectivity index (χ2v) is 8.10. The predicted molar refractivity (Wildman–Crippen MR) is 129 cm³/mol. The predicted octanol–water partition coefficient (Wildman–Crippen LogP) is 5.06. The molecule has 10 nitrogen and oxygen atoms in total. The summed E-state index contributed by atoms with van der Waals surface area (Å²) in [5.41, 5.74) is 4.97. The van der Waals surface area contributed by atoms with Crippen molar-refractivity contribution in [2.24, 2.45) is 0 Å². The lowest BCUT2D eigenvalue weighted by atomic mass is 10.0.